The lowest BCUT2D eigenvalue weighted by Crippen LogP contribution is -2.00. The van der Waals surface area contributed by atoms with Gasteiger partial charge in [-0.2, -0.15) is 0 Å². The van der Waals surface area contributed by atoms with E-state index in [1.54, 1.807) is 18.2 Å². The van der Waals surface area contributed by atoms with E-state index in [9.17, 15) is 9.90 Å². The second-order valence-electron chi connectivity index (χ2n) is 4.34. The molecule has 0 amide bonds. The van der Waals surface area contributed by atoms with E-state index in [-0.39, 0.29) is 5.57 Å². The monoisotopic (exact) mass is 346 g/mol. The number of halogens is 1. The lowest BCUT2D eigenvalue weighted by molar-refractivity contribution is -0.130. The van der Waals surface area contributed by atoms with Crippen molar-refractivity contribution in [2.24, 2.45) is 0 Å². The summed E-state index contributed by atoms with van der Waals surface area (Å²) in [6.45, 7) is 2.43. The number of para-hydroxylation sites is 1. The molecule has 0 unspecified atom stereocenters. The quantitative estimate of drug-likeness (QED) is 0.641. The van der Waals surface area contributed by atoms with Crippen LogP contribution in [-0.4, -0.2) is 17.7 Å². The summed E-state index contributed by atoms with van der Waals surface area (Å²) in [4.78, 5) is 11.5. The van der Waals surface area contributed by atoms with Crippen LogP contribution in [0.25, 0.3) is 11.6 Å². The average Bonchev–Trinajstić information content (AvgIpc) is 2.47. The van der Waals surface area contributed by atoms with Crippen LogP contribution >= 0.6 is 15.9 Å². The summed E-state index contributed by atoms with van der Waals surface area (Å²) in [5.74, 6) is -0.292. The molecule has 2 rings (SSSR count). The van der Waals surface area contributed by atoms with E-state index in [1.807, 2.05) is 43.3 Å². The second-order valence-corrected chi connectivity index (χ2v) is 5.26. The zero-order chi connectivity index (χ0) is 15.2. The van der Waals surface area contributed by atoms with Crippen molar-refractivity contribution in [3.05, 3.63) is 64.1 Å². The van der Waals surface area contributed by atoms with Gasteiger partial charge in [-0.3, -0.25) is 0 Å². The van der Waals surface area contributed by atoms with E-state index in [0.717, 1.165) is 10.0 Å². The van der Waals surface area contributed by atoms with Crippen molar-refractivity contribution in [3.8, 4) is 5.75 Å². The first-order chi connectivity index (χ1) is 10.1. The fourth-order valence-corrected chi connectivity index (χ4v) is 2.20. The van der Waals surface area contributed by atoms with Crippen molar-refractivity contribution >= 4 is 33.5 Å². The minimum atomic E-state index is -0.969. The molecule has 0 aromatic heterocycles. The molecule has 0 saturated carbocycles. The summed E-state index contributed by atoms with van der Waals surface area (Å²) < 4.78 is 6.44. The first-order valence-electron chi connectivity index (χ1n) is 6.54. The van der Waals surface area contributed by atoms with Crippen LogP contribution in [0.2, 0.25) is 0 Å². The molecule has 2 aromatic rings. The molecule has 0 saturated heterocycles. The number of carbonyl (C=O) groups is 1. The van der Waals surface area contributed by atoms with Crippen molar-refractivity contribution in [2.45, 2.75) is 6.92 Å². The highest BCUT2D eigenvalue weighted by atomic mass is 79.9. The van der Waals surface area contributed by atoms with Gasteiger partial charge in [0.2, 0.25) is 0 Å². The first-order valence-corrected chi connectivity index (χ1v) is 7.34. The molecular formula is C17H15BrO3. The molecule has 0 atom stereocenters. The molecule has 0 aliphatic rings. The maximum absolute atomic E-state index is 11.5. The van der Waals surface area contributed by atoms with Gasteiger partial charge in [-0.05, 0) is 36.8 Å². The Labute approximate surface area is 132 Å². The fourth-order valence-electron chi connectivity index (χ4n) is 1.94. The SMILES string of the molecule is CCOc1ccccc1/C=C(\C(=O)O)c1ccc(Br)cc1. The molecule has 0 fully saturated rings. The zero-order valence-corrected chi connectivity index (χ0v) is 13.1. The number of rotatable bonds is 5. The van der Waals surface area contributed by atoms with E-state index in [2.05, 4.69) is 15.9 Å². The summed E-state index contributed by atoms with van der Waals surface area (Å²) in [5.41, 5.74) is 1.63. The normalized spacial score (nSPS) is 11.2. The fraction of sp³-hybridized carbons (Fsp3) is 0.118. The Hall–Kier alpha value is -2.07. The third-order valence-electron chi connectivity index (χ3n) is 2.90. The van der Waals surface area contributed by atoms with E-state index in [1.165, 1.54) is 0 Å². The van der Waals surface area contributed by atoms with Crippen molar-refractivity contribution in [1.82, 2.24) is 0 Å². The van der Waals surface area contributed by atoms with Crippen LogP contribution in [0.4, 0.5) is 0 Å². The molecule has 0 aliphatic heterocycles. The lowest BCUT2D eigenvalue weighted by atomic mass is 10.0. The summed E-state index contributed by atoms with van der Waals surface area (Å²) in [6, 6.07) is 14.6. The summed E-state index contributed by atoms with van der Waals surface area (Å²) in [7, 11) is 0. The largest absolute Gasteiger partial charge is 0.493 e. The minimum absolute atomic E-state index is 0.231. The van der Waals surface area contributed by atoms with Crippen LogP contribution in [0.15, 0.2) is 53.0 Å². The molecule has 0 heterocycles. The Morgan fingerprint density at radius 1 is 1.19 bits per heavy atom. The Kier molecular flexibility index (Phi) is 5.17. The Morgan fingerprint density at radius 3 is 2.48 bits per heavy atom. The summed E-state index contributed by atoms with van der Waals surface area (Å²) in [5, 5.41) is 9.46. The van der Waals surface area contributed by atoms with Gasteiger partial charge in [0, 0.05) is 10.0 Å². The highest BCUT2D eigenvalue weighted by Crippen LogP contribution is 2.26. The van der Waals surface area contributed by atoms with Gasteiger partial charge < -0.3 is 9.84 Å². The highest BCUT2D eigenvalue weighted by Gasteiger charge is 2.12. The first kappa shape index (κ1) is 15.3. The van der Waals surface area contributed by atoms with E-state index in [4.69, 9.17) is 4.74 Å². The predicted molar refractivity (Wildman–Crippen MR) is 87.3 cm³/mol. The van der Waals surface area contributed by atoms with Crippen molar-refractivity contribution in [2.75, 3.05) is 6.61 Å². The molecule has 0 aliphatic carbocycles. The predicted octanol–water partition coefficient (Wildman–Crippen LogP) is 4.47. The Balaban J connectivity index is 2.47. The number of hydrogen-bond donors (Lipinski definition) is 1. The highest BCUT2D eigenvalue weighted by molar-refractivity contribution is 9.10. The van der Waals surface area contributed by atoms with Crippen LogP contribution in [0, 0.1) is 0 Å². The number of hydrogen-bond acceptors (Lipinski definition) is 2. The van der Waals surface area contributed by atoms with Gasteiger partial charge in [-0.15, -0.1) is 0 Å². The molecule has 21 heavy (non-hydrogen) atoms. The second kappa shape index (κ2) is 7.09. The van der Waals surface area contributed by atoms with Gasteiger partial charge in [0.1, 0.15) is 5.75 Å². The van der Waals surface area contributed by atoms with Crippen molar-refractivity contribution in [3.63, 3.8) is 0 Å². The topological polar surface area (TPSA) is 46.5 Å². The zero-order valence-electron chi connectivity index (χ0n) is 11.5. The maximum atomic E-state index is 11.5. The van der Waals surface area contributed by atoms with Gasteiger partial charge in [0.05, 0.1) is 12.2 Å². The number of benzene rings is 2. The molecule has 4 heteroatoms. The van der Waals surface area contributed by atoms with Gasteiger partial charge in [0.25, 0.3) is 0 Å². The molecule has 0 bridgehead atoms. The number of carboxylic acid groups (broad SMARTS) is 1. The van der Waals surface area contributed by atoms with Crippen LogP contribution in [0.3, 0.4) is 0 Å². The van der Waals surface area contributed by atoms with Gasteiger partial charge >= 0.3 is 5.97 Å². The molecule has 2 aromatic carbocycles. The number of aliphatic carboxylic acids is 1. The van der Waals surface area contributed by atoms with Gasteiger partial charge in [-0.25, -0.2) is 4.79 Å². The lowest BCUT2D eigenvalue weighted by Gasteiger charge is -2.08. The van der Waals surface area contributed by atoms with Crippen LogP contribution in [0.1, 0.15) is 18.1 Å². The van der Waals surface area contributed by atoms with Crippen LogP contribution in [0.5, 0.6) is 5.75 Å². The number of ether oxygens (including phenoxy) is 1. The van der Waals surface area contributed by atoms with E-state index in [0.29, 0.717) is 17.9 Å². The van der Waals surface area contributed by atoms with E-state index >= 15 is 0 Å². The van der Waals surface area contributed by atoms with E-state index < -0.39 is 5.97 Å². The molecule has 1 N–H and O–H groups in total. The standard InChI is InChI=1S/C17H15BrO3/c1-2-21-16-6-4-3-5-13(16)11-15(17(19)20)12-7-9-14(18)10-8-12/h3-11H,2H2,1H3,(H,19,20)/b15-11-. The molecular weight excluding hydrogens is 332 g/mol. The molecule has 3 nitrogen and oxygen atoms in total. The number of carboxylic acids is 1. The Morgan fingerprint density at radius 2 is 1.86 bits per heavy atom. The third kappa shape index (κ3) is 3.95. The van der Waals surface area contributed by atoms with Crippen LogP contribution < -0.4 is 4.74 Å². The maximum Gasteiger partial charge on any atom is 0.336 e. The molecule has 108 valence electrons. The van der Waals surface area contributed by atoms with Crippen LogP contribution in [-0.2, 0) is 4.79 Å². The van der Waals surface area contributed by atoms with Gasteiger partial charge in [0.15, 0.2) is 0 Å². The summed E-state index contributed by atoms with van der Waals surface area (Å²) >= 11 is 3.34. The summed E-state index contributed by atoms with van der Waals surface area (Å²) in [6.07, 6.45) is 1.64. The molecule has 0 spiro atoms. The third-order valence-corrected chi connectivity index (χ3v) is 3.43. The minimum Gasteiger partial charge on any atom is -0.493 e. The van der Waals surface area contributed by atoms with Gasteiger partial charge in [-0.1, -0.05) is 46.3 Å². The van der Waals surface area contributed by atoms with Crippen molar-refractivity contribution in [1.29, 1.82) is 0 Å². The molecule has 0 radical (unpaired) electrons. The Bertz CT molecular complexity index is 660. The average molecular weight is 347 g/mol. The smallest absolute Gasteiger partial charge is 0.336 e. The van der Waals surface area contributed by atoms with Crippen molar-refractivity contribution < 1.29 is 14.6 Å².